The van der Waals surface area contributed by atoms with Gasteiger partial charge in [0.1, 0.15) is 0 Å². The molecule has 0 fully saturated rings. The van der Waals surface area contributed by atoms with Crippen LogP contribution in [-0.4, -0.2) is 49.6 Å². The predicted octanol–water partition coefficient (Wildman–Crippen LogP) is 4.10. The van der Waals surface area contributed by atoms with Crippen LogP contribution in [0.5, 0.6) is 11.5 Å². The van der Waals surface area contributed by atoms with E-state index in [0.29, 0.717) is 35.5 Å². The number of hydrogen-bond acceptors (Lipinski definition) is 6. The molecular formula is C28H33N3O5S. The van der Waals surface area contributed by atoms with Gasteiger partial charge in [0.05, 0.1) is 24.3 Å². The molecule has 0 unspecified atom stereocenters. The molecule has 0 atom stereocenters. The van der Waals surface area contributed by atoms with E-state index >= 15 is 0 Å². The lowest BCUT2D eigenvalue weighted by molar-refractivity contribution is -0.121. The molecule has 0 radical (unpaired) electrons. The summed E-state index contributed by atoms with van der Waals surface area (Å²) in [4.78, 5) is 13.0. The zero-order valence-corrected chi connectivity index (χ0v) is 22.4. The highest BCUT2D eigenvalue weighted by molar-refractivity contribution is 7.89. The number of aryl methyl sites for hydroxylation is 3. The van der Waals surface area contributed by atoms with E-state index in [-0.39, 0.29) is 23.7 Å². The molecule has 3 rings (SSSR count). The molecule has 0 saturated heterocycles. The summed E-state index contributed by atoms with van der Waals surface area (Å²) in [6.45, 7) is 7.38. The van der Waals surface area contributed by atoms with Gasteiger partial charge < -0.3 is 9.84 Å². The van der Waals surface area contributed by atoms with E-state index in [1.807, 2.05) is 49.4 Å². The minimum Gasteiger partial charge on any atom is -0.504 e. The molecule has 3 aromatic carbocycles. The monoisotopic (exact) mass is 523 g/mol. The number of sulfonamides is 1. The summed E-state index contributed by atoms with van der Waals surface area (Å²) in [5.41, 5.74) is 6.22. The third kappa shape index (κ3) is 7.41. The lowest BCUT2D eigenvalue weighted by Crippen LogP contribution is -2.41. The number of rotatable bonds is 11. The van der Waals surface area contributed by atoms with Gasteiger partial charge in [-0.3, -0.25) is 4.79 Å². The van der Waals surface area contributed by atoms with E-state index in [2.05, 4.69) is 10.5 Å². The molecule has 1 amide bonds. The normalized spacial score (nSPS) is 11.7. The second-order valence-corrected chi connectivity index (χ2v) is 10.6. The number of carbonyl (C=O) groups excluding carboxylic acids is 1. The van der Waals surface area contributed by atoms with Gasteiger partial charge in [0.25, 0.3) is 5.91 Å². The van der Waals surface area contributed by atoms with Gasteiger partial charge in [0.15, 0.2) is 11.5 Å². The maximum Gasteiger partial charge on any atom is 0.255 e. The van der Waals surface area contributed by atoms with Gasteiger partial charge in [-0.1, -0.05) is 48.0 Å². The highest BCUT2D eigenvalue weighted by Gasteiger charge is 2.29. The SMILES string of the molecule is CCOc1cc(/C=N/NC(=O)CN(CCc2ccccc2)S(=O)(=O)c2c(C)cc(C)cc2C)ccc1O. The third-order valence-electron chi connectivity index (χ3n) is 5.70. The Balaban J connectivity index is 1.80. The number of amides is 1. The van der Waals surface area contributed by atoms with E-state index in [1.54, 1.807) is 32.9 Å². The Morgan fingerprint density at radius 1 is 1.05 bits per heavy atom. The Kier molecular flexibility index (Phi) is 9.43. The van der Waals surface area contributed by atoms with Crippen molar-refractivity contribution in [2.24, 2.45) is 5.10 Å². The Labute approximate surface area is 218 Å². The lowest BCUT2D eigenvalue weighted by Gasteiger charge is -2.24. The van der Waals surface area contributed by atoms with Gasteiger partial charge in [0, 0.05) is 6.54 Å². The van der Waals surface area contributed by atoms with Crippen molar-refractivity contribution in [3.05, 3.63) is 88.5 Å². The summed E-state index contributed by atoms with van der Waals surface area (Å²) in [5.74, 6) is -0.261. The minimum atomic E-state index is -3.96. The molecule has 0 aliphatic rings. The zero-order valence-electron chi connectivity index (χ0n) is 21.6. The Bertz CT molecular complexity index is 1350. The van der Waals surface area contributed by atoms with E-state index in [0.717, 1.165) is 11.1 Å². The van der Waals surface area contributed by atoms with Crippen molar-refractivity contribution >= 4 is 22.1 Å². The van der Waals surface area contributed by atoms with Crippen molar-refractivity contribution in [3.63, 3.8) is 0 Å². The fraction of sp³-hybridized carbons (Fsp3) is 0.286. The summed E-state index contributed by atoms with van der Waals surface area (Å²) >= 11 is 0. The maximum absolute atomic E-state index is 13.7. The summed E-state index contributed by atoms with van der Waals surface area (Å²) in [6.07, 6.45) is 1.85. The molecule has 3 aromatic rings. The van der Waals surface area contributed by atoms with Crippen molar-refractivity contribution in [3.8, 4) is 11.5 Å². The van der Waals surface area contributed by atoms with Gasteiger partial charge in [-0.2, -0.15) is 9.41 Å². The van der Waals surface area contributed by atoms with Crippen molar-refractivity contribution in [1.29, 1.82) is 0 Å². The van der Waals surface area contributed by atoms with E-state index in [9.17, 15) is 18.3 Å². The number of nitrogens with one attached hydrogen (secondary N) is 1. The van der Waals surface area contributed by atoms with Crippen LogP contribution >= 0.6 is 0 Å². The molecule has 9 heteroatoms. The molecule has 2 N–H and O–H groups in total. The molecule has 8 nitrogen and oxygen atoms in total. The quantitative estimate of drug-likeness (QED) is 0.291. The van der Waals surface area contributed by atoms with Crippen LogP contribution in [0, 0.1) is 20.8 Å². The maximum atomic E-state index is 13.7. The first-order chi connectivity index (χ1) is 17.6. The summed E-state index contributed by atoms with van der Waals surface area (Å²) < 4.78 is 34.0. The zero-order chi connectivity index (χ0) is 27.0. The topological polar surface area (TPSA) is 108 Å². The highest BCUT2D eigenvalue weighted by Crippen LogP contribution is 2.27. The van der Waals surface area contributed by atoms with Crippen LogP contribution in [-0.2, 0) is 21.2 Å². The van der Waals surface area contributed by atoms with Crippen LogP contribution in [0.3, 0.4) is 0 Å². The first-order valence-corrected chi connectivity index (χ1v) is 13.5. The van der Waals surface area contributed by atoms with E-state index in [1.165, 1.54) is 16.6 Å². The molecule has 37 heavy (non-hydrogen) atoms. The number of carbonyl (C=O) groups is 1. The van der Waals surface area contributed by atoms with Crippen LogP contribution < -0.4 is 10.2 Å². The molecule has 0 bridgehead atoms. The number of hydrazone groups is 1. The second-order valence-electron chi connectivity index (χ2n) is 8.76. The number of nitrogens with zero attached hydrogens (tertiary/aromatic N) is 2. The smallest absolute Gasteiger partial charge is 0.255 e. The number of phenolic OH excluding ortho intramolecular Hbond substituents is 1. The van der Waals surface area contributed by atoms with Crippen molar-refractivity contribution in [1.82, 2.24) is 9.73 Å². The summed E-state index contributed by atoms with van der Waals surface area (Å²) in [7, 11) is -3.96. The molecule has 0 aromatic heterocycles. The second kappa shape index (κ2) is 12.5. The van der Waals surface area contributed by atoms with E-state index < -0.39 is 15.9 Å². The summed E-state index contributed by atoms with van der Waals surface area (Å²) in [6, 6.07) is 17.9. The fourth-order valence-electron chi connectivity index (χ4n) is 4.14. The van der Waals surface area contributed by atoms with Crippen LogP contribution in [0.2, 0.25) is 0 Å². The first-order valence-electron chi connectivity index (χ1n) is 12.0. The first kappa shape index (κ1) is 27.9. The number of benzene rings is 3. The van der Waals surface area contributed by atoms with Gasteiger partial charge in [-0.05, 0) is 74.6 Å². The molecule has 0 heterocycles. The molecule has 0 aliphatic heterocycles. The summed E-state index contributed by atoms with van der Waals surface area (Å²) in [5, 5.41) is 13.8. The third-order valence-corrected chi connectivity index (χ3v) is 7.85. The van der Waals surface area contributed by atoms with Crippen LogP contribution in [0.15, 0.2) is 70.7 Å². The van der Waals surface area contributed by atoms with Gasteiger partial charge in [-0.25, -0.2) is 13.8 Å². The minimum absolute atomic E-state index is 0.00370. The molecule has 0 aliphatic carbocycles. The molecule has 0 saturated carbocycles. The number of aromatic hydroxyl groups is 1. The van der Waals surface area contributed by atoms with Crippen LogP contribution in [0.4, 0.5) is 0 Å². The van der Waals surface area contributed by atoms with Gasteiger partial charge >= 0.3 is 0 Å². The van der Waals surface area contributed by atoms with Crippen LogP contribution in [0.25, 0.3) is 0 Å². The Morgan fingerprint density at radius 3 is 2.38 bits per heavy atom. The Morgan fingerprint density at radius 2 is 1.73 bits per heavy atom. The van der Waals surface area contributed by atoms with E-state index in [4.69, 9.17) is 4.74 Å². The predicted molar refractivity (Wildman–Crippen MR) is 145 cm³/mol. The largest absolute Gasteiger partial charge is 0.504 e. The molecule has 196 valence electrons. The lowest BCUT2D eigenvalue weighted by atomic mass is 10.1. The van der Waals surface area contributed by atoms with Gasteiger partial charge in [-0.15, -0.1) is 0 Å². The average Bonchev–Trinajstić information content (AvgIpc) is 2.83. The Hall–Kier alpha value is -3.69. The average molecular weight is 524 g/mol. The molecule has 0 spiro atoms. The fourth-order valence-corrected chi connectivity index (χ4v) is 5.95. The number of ether oxygens (including phenoxy) is 1. The van der Waals surface area contributed by atoms with Crippen molar-refractivity contribution in [2.45, 2.75) is 39.0 Å². The van der Waals surface area contributed by atoms with Crippen molar-refractivity contribution in [2.75, 3.05) is 19.7 Å². The number of hydrogen-bond donors (Lipinski definition) is 2. The molecular weight excluding hydrogens is 490 g/mol. The van der Waals surface area contributed by atoms with Crippen LogP contribution in [0.1, 0.15) is 34.7 Å². The highest BCUT2D eigenvalue weighted by atomic mass is 32.2. The van der Waals surface area contributed by atoms with Crippen molar-refractivity contribution < 1.29 is 23.1 Å². The van der Waals surface area contributed by atoms with Gasteiger partial charge in [0.2, 0.25) is 10.0 Å². The number of phenols is 1. The standard InChI is InChI=1S/C28H33N3O5S/c1-5-36-26-17-24(11-12-25(26)32)18-29-30-27(33)19-31(14-13-23-9-7-6-8-10-23)37(34,35)28-21(3)15-20(2)16-22(28)4/h6-12,15-18,32H,5,13-14,19H2,1-4H3,(H,30,33)/b29-18+.